The van der Waals surface area contributed by atoms with Crippen molar-refractivity contribution in [1.29, 1.82) is 0 Å². The molecule has 432 valence electrons. The second kappa shape index (κ2) is 40.4. The Morgan fingerprint density at radius 1 is 0.238 bits per heavy atom. The van der Waals surface area contributed by atoms with Gasteiger partial charge in [-0.15, -0.1) is 0 Å². The minimum absolute atomic E-state index is 0.281. The number of hydrogen-bond donors (Lipinski definition) is 0. The van der Waals surface area contributed by atoms with E-state index < -0.39 is 23.9 Å². The molecule has 8 nitrogen and oxygen atoms in total. The van der Waals surface area contributed by atoms with Gasteiger partial charge in [-0.2, -0.15) is 0 Å². The van der Waals surface area contributed by atoms with Crippen LogP contribution in [-0.4, -0.2) is 50.3 Å². The van der Waals surface area contributed by atoms with Crippen LogP contribution in [0.1, 0.15) is 268 Å². The highest BCUT2D eigenvalue weighted by atomic mass is 16.5. The summed E-state index contributed by atoms with van der Waals surface area (Å²) in [5.41, 5.74) is 4.92. The summed E-state index contributed by atoms with van der Waals surface area (Å²) in [5.74, 6) is 45.8. The molecule has 0 aromatic heterocycles. The molecule has 0 spiro atoms. The monoisotopic (exact) mass is 1120 g/mol. The normalized spacial score (nSPS) is 10.7. The summed E-state index contributed by atoms with van der Waals surface area (Å²) in [4.78, 5) is 53.9. The van der Waals surface area contributed by atoms with Gasteiger partial charge in [0, 0.05) is 44.5 Å². The summed E-state index contributed by atoms with van der Waals surface area (Å²) < 4.78 is 22.8. The molecule has 0 aliphatic heterocycles. The van der Waals surface area contributed by atoms with Gasteiger partial charge < -0.3 is 18.9 Å². The van der Waals surface area contributed by atoms with E-state index in [1.54, 1.807) is 72.8 Å². The Balaban J connectivity index is 1.57. The van der Waals surface area contributed by atoms with Crippen LogP contribution in [0.3, 0.4) is 0 Å². The molecule has 0 fully saturated rings. The SMILES string of the molecule is CCCCCCCCOC(=O)c1cc2cc(c1)C#CC#Cc1cc(cc(C(=O)OCCCCCCCC)c1)C#CC#Cc1cc(cc(C(=O)OCCCCCCCC)c1)C#CC#Cc1cc(cc(C(=O)OCCCCCCCC)c1)C#CC#C2. The van der Waals surface area contributed by atoms with Crippen molar-refractivity contribution in [3.8, 4) is 94.7 Å². The number of benzene rings is 4. The van der Waals surface area contributed by atoms with Crippen molar-refractivity contribution in [2.75, 3.05) is 26.4 Å². The number of hydrogen-bond acceptors (Lipinski definition) is 8. The zero-order chi connectivity index (χ0) is 59.7. The largest absolute Gasteiger partial charge is 0.462 e. The summed E-state index contributed by atoms with van der Waals surface area (Å²) in [7, 11) is 0. The van der Waals surface area contributed by atoms with Gasteiger partial charge in [-0.25, -0.2) is 19.2 Å². The Morgan fingerprint density at radius 2 is 0.393 bits per heavy atom. The lowest BCUT2D eigenvalue weighted by Crippen LogP contribution is -2.07. The number of esters is 4. The molecule has 0 radical (unpaired) electrons. The third-order valence-corrected chi connectivity index (χ3v) is 13.5. The predicted octanol–water partition coefficient (Wildman–Crippen LogP) is 15.7. The topological polar surface area (TPSA) is 105 Å². The van der Waals surface area contributed by atoms with E-state index >= 15 is 0 Å². The molecular weight excluding hydrogens is 1040 g/mol. The average Bonchev–Trinajstić information content (AvgIpc) is 3.62. The van der Waals surface area contributed by atoms with Gasteiger partial charge in [-0.05, 0) is 146 Å². The summed E-state index contributed by atoms with van der Waals surface area (Å²) >= 11 is 0. The molecule has 0 saturated carbocycles. The third kappa shape index (κ3) is 26.9. The molecule has 1 aliphatic carbocycles. The quantitative estimate of drug-likeness (QED) is 0.0206. The van der Waals surface area contributed by atoms with Crippen LogP contribution in [-0.2, 0) is 18.9 Å². The van der Waals surface area contributed by atoms with Crippen molar-refractivity contribution >= 4 is 23.9 Å². The van der Waals surface area contributed by atoms with Crippen molar-refractivity contribution in [2.45, 2.75) is 182 Å². The van der Waals surface area contributed by atoms with Crippen molar-refractivity contribution in [2.24, 2.45) is 0 Å². The minimum Gasteiger partial charge on any atom is -0.462 e. The van der Waals surface area contributed by atoms with Crippen LogP contribution < -0.4 is 0 Å². The number of carbonyl (C=O) groups excluding carboxylic acids is 4. The van der Waals surface area contributed by atoms with Crippen LogP contribution in [0.2, 0.25) is 0 Å². The van der Waals surface area contributed by atoms with Gasteiger partial charge in [0.1, 0.15) is 0 Å². The van der Waals surface area contributed by atoms with Crippen molar-refractivity contribution in [3.63, 3.8) is 0 Å². The van der Waals surface area contributed by atoms with E-state index in [2.05, 4.69) is 122 Å². The van der Waals surface area contributed by atoms with Crippen molar-refractivity contribution in [3.05, 3.63) is 140 Å². The average molecular weight is 1120 g/mol. The molecule has 4 aromatic rings. The third-order valence-electron chi connectivity index (χ3n) is 13.5. The van der Waals surface area contributed by atoms with Gasteiger partial charge in [0.25, 0.3) is 0 Å². The van der Waals surface area contributed by atoms with Gasteiger partial charge >= 0.3 is 23.9 Å². The van der Waals surface area contributed by atoms with Gasteiger partial charge in [0.2, 0.25) is 0 Å². The number of unbranched alkanes of at least 4 members (excludes halogenated alkanes) is 20. The van der Waals surface area contributed by atoms with Crippen molar-refractivity contribution < 1.29 is 38.1 Å². The smallest absolute Gasteiger partial charge is 0.338 e. The lowest BCUT2D eigenvalue weighted by molar-refractivity contribution is 0.0488. The first-order valence-electron chi connectivity index (χ1n) is 30.5. The van der Waals surface area contributed by atoms with Gasteiger partial charge in [-0.3, -0.25) is 0 Å². The first-order valence-corrected chi connectivity index (χ1v) is 30.5. The lowest BCUT2D eigenvalue weighted by Gasteiger charge is -2.06. The second-order valence-electron chi connectivity index (χ2n) is 20.8. The molecule has 8 heteroatoms. The molecule has 1 aliphatic rings. The first kappa shape index (κ1) is 66.0. The van der Waals surface area contributed by atoms with E-state index in [9.17, 15) is 19.2 Å². The number of ether oxygens (including phenoxy) is 4. The zero-order valence-corrected chi connectivity index (χ0v) is 50.0. The van der Waals surface area contributed by atoms with Gasteiger partial charge in [0.15, 0.2) is 0 Å². The van der Waals surface area contributed by atoms with E-state index in [4.69, 9.17) is 18.9 Å². The van der Waals surface area contributed by atoms with E-state index in [0.29, 0.717) is 70.9 Å². The molecular formula is C76H80O8. The maximum atomic E-state index is 13.5. The Labute approximate surface area is 502 Å². The molecule has 0 amide bonds. The number of rotatable bonds is 32. The highest BCUT2D eigenvalue weighted by molar-refractivity contribution is 5.92. The Bertz CT molecular complexity index is 2780. The summed E-state index contributed by atoms with van der Waals surface area (Å²) in [5, 5.41) is 0. The van der Waals surface area contributed by atoms with Crippen molar-refractivity contribution in [1.82, 2.24) is 0 Å². The van der Waals surface area contributed by atoms with E-state index in [1.165, 1.54) is 25.7 Å². The Hall–Kier alpha value is -8.76. The van der Waals surface area contributed by atoms with Crippen LogP contribution in [0.15, 0.2) is 72.8 Å². The second-order valence-corrected chi connectivity index (χ2v) is 20.8. The van der Waals surface area contributed by atoms with Crippen LogP contribution >= 0.6 is 0 Å². The lowest BCUT2D eigenvalue weighted by atomic mass is 10.0. The molecule has 0 N–H and O–H groups in total. The van der Waals surface area contributed by atoms with E-state index in [0.717, 1.165) is 128 Å². The van der Waals surface area contributed by atoms with E-state index in [1.807, 2.05) is 0 Å². The van der Waals surface area contributed by atoms with Crippen LogP contribution in [0.4, 0.5) is 0 Å². The summed E-state index contributed by atoms with van der Waals surface area (Å²) in [6.45, 7) is 9.87. The minimum atomic E-state index is -0.493. The fourth-order valence-corrected chi connectivity index (χ4v) is 8.91. The maximum Gasteiger partial charge on any atom is 0.338 e. The predicted molar refractivity (Wildman–Crippen MR) is 335 cm³/mol. The maximum absolute atomic E-state index is 13.5. The summed E-state index contributed by atoms with van der Waals surface area (Å²) in [6.07, 6.45) is 25.2. The van der Waals surface area contributed by atoms with Gasteiger partial charge in [0.05, 0.1) is 48.7 Å². The fraction of sp³-hybridized carbons (Fsp3) is 0.421. The summed E-state index contributed by atoms with van der Waals surface area (Å²) in [6, 6.07) is 20.1. The number of fused-ring (bicyclic) bond motifs is 8. The molecule has 84 heavy (non-hydrogen) atoms. The fourth-order valence-electron chi connectivity index (χ4n) is 8.91. The molecule has 0 unspecified atom stereocenters. The van der Waals surface area contributed by atoms with Crippen LogP contribution in [0.5, 0.6) is 0 Å². The highest BCUT2D eigenvalue weighted by Gasteiger charge is 2.14. The molecule has 0 heterocycles. The van der Waals surface area contributed by atoms with Crippen LogP contribution in [0, 0.1) is 94.7 Å². The molecule has 5 rings (SSSR count). The van der Waals surface area contributed by atoms with E-state index in [-0.39, 0.29) is 22.3 Å². The first-order chi connectivity index (χ1) is 41.2. The molecule has 0 saturated heterocycles. The Kier molecular flexibility index (Phi) is 31.8. The number of carbonyl (C=O) groups is 4. The molecule has 0 atom stereocenters. The Morgan fingerprint density at radius 3 is 0.560 bits per heavy atom. The molecule has 4 aromatic carbocycles. The standard InChI is InChI=1S/C76H80O8/c1-5-9-13-17-21-33-45-81-73(77)69-53-61-37-25-27-39-63-50-65(57-70(55-63)74(78)82-46-34-22-18-14-10-6-2)41-29-31-43-67-52-68(60-72(59-67)76(80)84-48-36-24-20-16-12-8-4)44-32-30-42-66-51-64(40-28-26-38-62(49-61)54-69)56-71(58-66)75(79)83-47-35-23-19-15-11-7-3/h49-60H,5-24,33-36,45-48H2,1-4H3. The zero-order valence-electron chi connectivity index (χ0n) is 50.0. The highest BCUT2D eigenvalue weighted by Crippen LogP contribution is 2.17. The van der Waals surface area contributed by atoms with Gasteiger partial charge in [-0.1, -0.05) is 203 Å². The molecule has 8 bridgehead atoms. The van der Waals surface area contributed by atoms with Crippen LogP contribution in [0.25, 0.3) is 0 Å².